The molecule has 1 nitrogen and oxygen atoms in total. The van der Waals surface area contributed by atoms with Crippen molar-refractivity contribution in [1.29, 1.82) is 0 Å². The molecule has 0 spiro atoms. The molecule has 1 aromatic carbocycles. The molecule has 2 rings (SSSR count). The molecule has 0 amide bonds. The summed E-state index contributed by atoms with van der Waals surface area (Å²) in [5.41, 5.74) is 0.0688. The predicted molar refractivity (Wildman–Crippen MR) is 66.0 cm³/mol. The highest BCUT2D eigenvalue weighted by molar-refractivity contribution is 5.46. The molecule has 0 heterocycles. The normalized spacial score (nSPS) is 24.0. The van der Waals surface area contributed by atoms with Gasteiger partial charge in [0, 0.05) is 6.04 Å². The van der Waals surface area contributed by atoms with Crippen LogP contribution in [0.25, 0.3) is 0 Å². The summed E-state index contributed by atoms with van der Waals surface area (Å²) in [6.45, 7) is 2.10. The molecule has 2 unspecified atom stereocenters. The molecular formula is C14H18F3N. The lowest BCUT2D eigenvalue weighted by Crippen LogP contribution is -2.32. The van der Waals surface area contributed by atoms with E-state index in [0.29, 0.717) is 5.92 Å². The van der Waals surface area contributed by atoms with Crippen molar-refractivity contribution in [2.45, 2.75) is 45.1 Å². The molecule has 0 aromatic heterocycles. The fourth-order valence-electron chi connectivity index (χ4n) is 2.72. The van der Waals surface area contributed by atoms with Gasteiger partial charge < -0.3 is 5.32 Å². The fourth-order valence-corrected chi connectivity index (χ4v) is 2.72. The topological polar surface area (TPSA) is 12.0 Å². The quantitative estimate of drug-likeness (QED) is 0.787. The van der Waals surface area contributed by atoms with Crippen LogP contribution < -0.4 is 5.32 Å². The van der Waals surface area contributed by atoms with E-state index in [0.717, 1.165) is 31.7 Å². The number of nitrogens with one attached hydrogen (secondary N) is 1. The van der Waals surface area contributed by atoms with Crippen molar-refractivity contribution >= 4 is 5.69 Å². The van der Waals surface area contributed by atoms with Gasteiger partial charge >= 0.3 is 0 Å². The van der Waals surface area contributed by atoms with Crippen molar-refractivity contribution in [3.63, 3.8) is 0 Å². The molecule has 100 valence electrons. The zero-order valence-electron chi connectivity index (χ0n) is 10.5. The summed E-state index contributed by atoms with van der Waals surface area (Å²) >= 11 is 0. The van der Waals surface area contributed by atoms with E-state index in [2.05, 4.69) is 12.2 Å². The molecule has 1 aliphatic rings. The average molecular weight is 257 g/mol. The fraction of sp³-hybridized carbons (Fsp3) is 0.571. The van der Waals surface area contributed by atoms with Crippen molar-refractivity contribution in [3.8, 4) is 0 Å². The van der Waals surface area contributed by atoms with Gasteiger partial charge in [0.15, 0.2) is 17.5 Å². The molecule has 1 aliphatic carbocycles. The Bertz CT molecular complexity index is 420. The molecular weight excluding hydrogens is 239 g/mol. The first kappa shape index (κ1) is 13.2. The zero-order chi connectivity index (χ0) is 13.1. The molecule has 0 radical (unpaired) electrons. The zero-order valence-corrected chi connectivity index (χ0v) is 10.5. The second-order valence-electron chi connectivity index (χ2n) is 4.93. The maximum Gasteiger partial charge on any atom is 0.196 e. The molecule has 0 saturated heterocycles. The van der Waals surface area contributed by atoms with E-state index in [9.17, 15) is 13.2 Å². The van der Waals surface area contributed by atoms with E-state index in [1.165, 1.54) is 12.5 Å². The first-order valence-corrected chi connectivity index (χ1v) is 6.53. The summed E-state index contributed by atoms with van der Waals surface area (Å²) in [5, 5.41) is 3.04. The minimum Gasteiger partial charge on any atom is -0.380 e. The molecule has 0 aliphatic heterocycles. The Hall–Kier alpha value is -1.19. The minimum absolute atomic E-state index is 0.0688. The molecule has 1 fully saturated rings. The number of hydrogen-bond donors (Lipinski definition) is 1. The predicted octanol–water partition coefficient (Wildman–Crippen LogP) is 4.48. The van der Waals surface area contributed by atoms with Crippen LogP contribution >= 0.6 is 0 Å². The summed E-state index contributed by atoms with van der Waals surface area (Å²) in [7, 11) is 0. The molecule has 18 heavy (non-hydrogen) atoms. The third kappa shape index (κ3) is 2.62. The van der Waals surface area contributed by atoms with E-state index in [1.54, 1.807) is 0 Å². The van der Waals surface area contributed by atoms with E-state index < -0.39 is 17.5 Å². The van der Waals surface area contributed by atoms with E-state index in [4.69, 9.17) is 0 Å². The van der Waals surface area contributed by atoms with Crippen LogP contribution in [0.5, 0.6) is 0 Å². The molecule has 0 bridgehead atoms. The summed E-state index contributed by atoms with van der Waals surface area (Å²) < 4.78 is 39.5. The number of hydrogen-bond acceptors (Lipinski definition) is 1. The lowest BCUT2D eigenvalue weighted by atomic mass is 9.83. The van der Waals surface area contributed by atoms with Gasteiger partial charge in [0.2, 0.25) is 0 Å². The van der Waals surface area contributed by atoms with Crippen molar-refractivity contribution in [2.75, 3.05) is 5.32 Å². The van der Waals surface area contributed by atoms with Gasteiger partial charge in [-0.15, -0.1) is 0 Å². The Morgan fingerprint density at radius 2 is 1.83 bits per heavy atom. The van der Waals surface area contributed by atoms with Gasteiger partial charge in [-0.1, -0.05) is 26.2 Å². The number of anilines is 1. The van der Waals surface area contributed by atoms with Gasteiger partial charge in [-0.3, -0.25) is 0 Å². The molecule has 4 heteroatoms. The van der Waals surface area contributed by atoms with E-state index in [1.807, 2.05) is 0 Å². The summed E-state index contributed by atoms with van der Waals surface area (Å²) in [6, 6.07) is 2.39. The van der Waals surface area contributed by atoms with Crippen LogP contribution in [0.4, 0.5) is 18.9 Å². The maximum absolute atomic E-state index is 13.6. The van der Waals surface area contributed by atoms with E-state index in [-0.39, 0.29) is 11.7 Å². The SMILES string of the molecule is CCC1CCCCC1Nc1ccc(F)c(F)c1F. The summed E-state index contributed by atoms with van der Waals surface area (Å²) in [6.07, 6.45) is 5.37. The Balaban J connectivity index is 2.15. The molecule has 2 atom stereocenters. The van der Waals surface area contributed by atoms with Crippen molar-refractivity contribution < 1.29 is 13.2 Å². The van der Waals surface area contributed by atoms with Gasteiger partial charge in [0.25, 0.3) is 0 Å². The number of benzene rings is 1. The lowest BCUT2D eigenvalue weighted by Gasteiger charge is -2.32. The standard InChI is InChI=1S/C14H18F3N/c1-2-9-5-3-4-6-11(9)18-12-8-7-10(15)13(16)14(12)17/h7-9,11,18H,2-6H2,1H3. The van der Waals surface area contributed by atoms with E-state index >= 15 is 0 Å². The lowest BCUT2D eigenvalue weighted by molar-refractivity contribution is 0.316. The Labute approximate surface area is 105 Å². The van der Waals surface area contributed by atoms with Crippen molar-refractivity contribution in [3.05, 3.63) is 29.6 Å². The highest BCUT2D eigenvalue weighted by atomic mass is 19.2. The molecule has 1 saturated carbocycles. The van der Waals surface area contributed by atoms with Gasteiger partial charge in [-0.05, 0) is 30.9 Å². The first-order valence-electron chi connectivity index (χ1n) is 6.53. The van der Waals surface area contributed by atoms with Gasteiger partial charge in [-0.25, -0.2) is 13.2 Å². The summed E-state index contributed by atoms with van der Waals surface area (Å²) in [5.74, 6) is -3.18. The van der Waals surface area contributed by atoms with Crippen LogP contribution in [0.2, 0.25) is 0 Å². The van der Waals surface area contributed by atoms with Crippen LogP contribution in [-0.2, 0) is 0 Å². The monoisotopic (exact) mass is 257 g/mol. The first-order chi connectivity index (χ1) is 8.63. The molecule has 1 N–H and O–H groups in total. The number of rotatable bonds is 3. The largest absolute Gasteiger partial charge is 0.380 e. The van der Waals surface area contributed by atoms with Crippen molar-refractivity contribution in [1.82, 2.24) is 0 Å². The highest BCUT2D eigenvalue weighted by Crippen LogP contribution is 2.30. The van der Waals surface area contributed by atoms with Gasteiger partial charge in [0.1, 0.15) is 0 Å². The third-order valence-electron chi connectivity index (χ3n) is 3.81. The van der Waals surface area contributed by atoms with Crippen LogP contribution in [0, 0.1) is 23.4 Å². The Kier molecular flexibility index (Phi) is 4.15. The smallest absolute Gasteiger partial charge is 0.196 e. The van der Waals surface area contributed by atoms with Crippen LogP contribution in [-0.4, -0.2) is 6.04 Å². The van der Waals surface area contributed by atoms with Crippen molar-refractivity contribution in [2.24, 2.45) is 5.92 Å². The Morgan fingerprint density at radius 1 is 1.11 bits per heavy atom. The van der Waals surface area contributed by atoms with Gasteiger partial charge in [-0.2, -0.15) is 0 Å². The second kappa shape index (κ2) is 5.63. The maximum atomic E-state index is 13.6. The Morgan fingerprint density at radius 3 is 2.56 bits per heavy atom. The van der Waals surface area contributed by atoms with Crippen LogP contribution in [0.3, 0.4) is 0 Å². The van der Waals surface area contributed by atoms with Crippen LogP contribution in [0.15, 0.2) is 12.1 Å². The number of halogens is 3. The average Bonchev–Trinajstić information content (AvgIpc) is 2.40. The van der Waals surface area contributed by atoms with Crippen LogP contribution in [0.1, 0.15) is 39.0 Å². The summed E-state index contributed by atoms with van der Waals surface area (Å²) in [4.78, 5) is 0. The minimum atomic E-state index is -1.40. The molecule has 1 aromatic rings. The highest BCUT2D eigenvalue weighted by Gasteiger charge is 2.25. The van der Waals surface area contributed by atoms with Gasteiger partial charge in [0.05, 0.1) is 5.69 Å². The third-order valence-corrected chi connectivity index (χ3v) is 3.81. The second-order valence-corrected chi connectivity index (χ2v) is 4.93.